The van der Waals surface area contributed by atoms with Gasteiger partial charge in [0.2, 0.25) is 0 Å². The topological polar surface area (TPSA) is 38.3 Å². The number of rotatable bonds is 4. The summed E-state index contributed by atoms with van der Waals surface area (Å²) in [5.41, 5.74) is 1.93. The van der Waals surface area contributed by atoms with Crippen molar-refractivity contribution in [2.75, 3.05) is 5.75 Å². The molecule has 1 aliphatic rings. The Morgan fingerprint density at radius 1 is 1.33 bits per heavy atom. The maximum atomic E-state index is 13.5. The van der Waals surface area contributed by atoms with Crippen LogP contribution in [0.15, 0.2) is 47.4 Å². The zero-order valence-corrected chi connectivity index (χ0v) is 14.5. The highest BCUT2D eigenvalue weighted by atomic mass is 32.2. The maximum absolute atomic E-state index is 13.5. The molecule has 0 aliphatic carbocycles. The van der Waals surface area contributed by atoms with Crippen molar-refractivity contribution < 1.29 is 13.9 Å². The lowest BCUT2D eigenvalue weighted by atomic mass is 10.0. The number of benzene rings is 2. The lowest BCUT2D eigenvalue weighted by molar-refractivity contribution is -0.128. The molecule has 0 radical (unpaired) electrons. The highest BCUT2D eigenvalue weighted by Gasteiger charge is 2.25. The van der Waals surface area contributed by atoms with E-state index in [1.165, 1.54) is 12.1 Å². The lowest BCUT2D eigenvalue weighted by Crippen LogP contribution is -2.39. The first-order valence-electron chi connectivity index (χ1n) is 7.99. The molecule has 1 heterocycles. The number of fused-ring (bicyclic) bond motifs is 1. The van der Waals surface area contributed by atoms with Gasteiger partial charge in [0.1, 0.15) is 11.6 Å². The van der Waals surface area contributed by atoms with Crippen molar-refractivity contribution in [3.63, 3.8) is 0 Å². The summed E-state index contributed by atoms with van der Waals surface area (Å²) in [6.07, 6.45) is 0.169. The van der Waals surface area contributed by atoms with E-state index in [4.69, 9.17) is 4.74 Å². The van der Waals surface area contributed by atoms with Gasteiger partial charge in [0, 0.05) is 10.6 Å². The molecule has 0 saturated carbocycles. The van der Waals surface area contributed by atoms with Crippen molar-refractivity contribution in [3.8, 4) is 5.75 Å². The summed E-state index contributed by atoms with van der Waals surface area (Å²) in [4.78, 5) is 13.5. The van der Waals surface area contributed by atoms with E-state index in [9.17, 15) is 9.18 Å². The van der Waals surface area contributed by atoms with Gasteiger partial charge < -0.3 is 10.1 Å². The number of hydrogen-bond donors (Lipinski definition) is 1. The summed E-state index contributed by atoms with van der Waals surface area (Å²) >= 11 is 1.69. The van der Waals surface area contributed by atoms with Gasteiger partial charge in [0.05, 0.1) is 6.04 Å². The maximum Gasteiger partial charge on any atom is 0.261 e. The average Bonchev–Trinajstić information content (AvgIpc) is 2.55. The van der Waals surface area contributed by atoms with Crippen LogP contribution in [0.1, 0.15) is 30.5 Å². The van der Waals surface area contributed by atoms with Crippen molar-refractivity contribution >= 4 is 17.7 Å². The minimum atomic E-state index is -0.613. The fourth-order valence-corrected chi connectivity index (χ4v) is 3.86. The first-order valence-corrected chi connectivity index (χ1v) is 8.97. The predicted molar refractivity (Wildman–Crippen MR) is 93.9 cm³/mol. The van der Waals surface area contributed by atoms with Crippen molar-refractivity contribution in [1.82, 2.24) is 5.32 Å². The molecular weight excluding hydrogens is 325 g/mol. The number of thioether (sulfide) groups is 1. The number of amides is 1. The highest BCUT2D eigenvalue weighted by Crippen LogP contribution is 2.36. The smallest absolute Gasteiger partial charge is 0.261 e. The third-order valence-electron chi connectivity index (χ3n) is 4.00. The molecule has 0 fully saturated rings. The number of aryl methyl sites for hydroxylation is 1. The Morgan fingerprint density at radius 3 is 2.96 bits per heavy atom. The molecule has 126 valence electrons. The third-order valence-corrected chi connectivity index (χ3v) is 5.12. The largest absolute Gasteiger partial charge is 0.481 e. The van der Waals surface area contributed by atoms with E-state index in [1.54, 1.807) is 24.8 Å². The van der Waals surface area contributed by atoms with Gasteiger partial charge in [-0.1, -0.05) is 12.1 Å². The molecule has 0 saturated heterocycles. The van der Waals surface area contributed by atoms with Gasteiger partial charge in [0.25, 0.3) is 5.91 Å². The molecule has 1 amide bonds. The zero-order chi connectivity index (χ0) is 17.1. The van der Waals surface area contributed by atoms with E-state index >= 15 is 0 Å². The number of halogens is 1. The van der Waals surface area contributed by atoms with Crippen LogP contribution in [0, 0.1) is 12.7 Å². The normalized spacial score (nSPS) is 17.7. The van der Waals surface area contributed by atoms with Gasteiger partial charge in [0.15, 0.2) is 6.10 Å². The fourth-order valence-electron chi connectivity index (χ4n) is 2.75. The molecule has 24 heavy (non-hydrogen) atoms. The Bertz CT molecular complexity index is 750. The van der Waals surface area contributed by atoms with Gasteiger partial charge in [-0.2, -0.15) is 0 Å². The Hall–Kier alpha value is -2.01. The second kappa shape index (κ2) is 7.26. The van der Waals surface area contributed by atoms with Gasteiger partial charge in [-0.05, 0) is 61.7 Å². The number of hydrogen-bond acceptors (Lipinski definition) is 3. The zero-order valence-electron chi connectivity index (χ0n) is 13.7. The van der Waals surface area contributed by atoms with Crippen LogP contribution < -0.4 is 10.1 Å². The summed E-state index contributed by atoms with van der Waals surface area (Å²) in [7, 11) is 0. The molecule has 3 rings (SSSR count). The van der Waals surface area contributed by atoms with E-state index in [-0.39, 0.29) is 17.8 Å². The Labute approximate surface area is 145 Å². The number of carbonyl (C=O) groups excluding carboxylic acids is 1. The molecule has 1 N–H and O–H groups in total. The second-order valence-corrected chi connectivity index (χ2v) is 7.09. The molecule has 2 aromatic carbocycles. The number of nitrogens with one attached hydrogen (secondary N) is 1. The summed E-state index contributed by atoms with van der Waals surface area (Å²) in [5, 5.41) is 2.99. The molecule has 2 atom stereocenters. The van der Waals surface area contributed by atoms with E-state index < -0.39 is 6.10 Å². The Morgan fingerprint density at radius 2 is 2.17 bits per heavy atom. The van der Waals surface area contributed by atoms with Gasteiger partial charge >= 0.3 is 0 Å². The van der Waals surface area contributed by atoms with E-state index in [2.05, 4.69) is 5.32 Å². The van der Waals surface area contributed by atoms with Crippen LogP contribution in [-0.2, 0) is 4.79 Å². The van der Waals surface area contributed by atoms with Crippen LogP contribution in [0.25, 0.3) is 0 Å². The highest BCUT2D eigenvalue weighted by molar-refractivity contribution is 7.99. The summed E-state index contributed by atoms with van der Waals surface area (Å²) in [6.45, 7) is 3.70. The molecule has 0 unspecified atom stereocenters. The molecular formula is C19H20FNO2S. The Kier molecular flexibility index (Phi) is 5.09. The van der Waals surface area contributed by atoms with Crippen LogP contribution in [0.3, 0.4) is 0 Å². The third kappa shape index (κ3) is 3.90. The molecule has 2 aromatic rings. The summed E-state index contributed by atoms with van der Waals surface area (Å²) in [5.74, 6) is 1.10. The minimum Gasteiger partial charge on any atom is -0.481 e. The number of ether oxygens (including phenoxy) is 1. The SMILES string of the molecule is Cc1cccc(O[C@@H](C)C(=O)N[C@H]2CCSc3ccc(F)cc32)c1. The summed E-state index contributed by atoms with van der Waals surface area (Å²) < 4.78 is 19.3. The average molecular weight is 345 g/mol. The van der Waals surface area contributed by atoms with Gasteiger partial charge in [-0.25, -0.2) is 4.39 Å². The fraction of sp³-hybridized carbons (Fsp3) is 0.316. The molecule has 0 bridgehead atoms. The number of carbonyl (C=O) groups is 1. The first-order chi connectivity index (χ1) is 11.5. The second-order valence-electron chi connectivity index (χ2n) is 5.96. The van der Waals surface area contributed by atoms with Crippen molar-refractivity contribution in [2.24, 2.45) is 0 Å². The summed E-state index contributed by atoms with van der Waals surface area (Å²) in [6, 6.07) is 12.2. The Balaban J connectivity index is 1.68. The van der Waals surface area contributed by atoms with Crippen molar-refractivity contribution in [3.05, 3.63) is 59.4 Å². The van der Waals surface area contributed by atoms with Crippen molar-refractivity contribution in [1.29, 1.82) is 0 Å². The van der Waals surface area contributed by atoms with E-state index in [0.29, 0.717) is 5.75 Å². The van der Waals surface area contributed by atoms with Crippen molar-refractivity contribution in [2.45, 2.75) is 37.3 Å². The van der Waals surface area contributed by atoms with Crippen LogP contribution in [0.5, 0.6) is 5.75 Å². The molecule has 5 heteroatoms. The van der Waals surface area contributed by atoms with Crippen LogP contribution in [0.4, 0.5) is 4.39 Å². The van der Waals surface area contributed by atoms with Crippen LogP contribution >= 0.6 is 11.8 Å². The first kappa shape index (κ1) is 16.8. The van der Waals surface area contributed by atoms with Gasteiger partial charge in [-0.3, -0.25) is 4.79 Å². The molecule has 0 spiro atoms. The monoisotopic (exact) mass is 345 g/mol. The van der Waals surface area contributed by atoms with Crippen LogP contribution in [-0.4, -0.2) is 17.8 Å². The molecule has 3 nitrogen and oxygen atoms in total. The molecule has 1 aliphatic heterocycles. The van der Waals surface area contributed by atoms with E-state index in [1.807, 2.05) is 31.2 Å². The van der Waals surface area contributed by atoms with Gasteiger partial charge in [-0.15, -0.1) is 11.8 Å². The quantitative estimate of drug-likeness (QED) is 0.900. The minimum absolute atomic E-state index is 0.173. The van der Waals surface area contributed by atoms with Crippen LogP contribution in [0.2, 0.25) is 0 Å². The van der Waals surface area contributed by atoms with E-state index in [0.717, 1.165) is 28.2 Å². The lowest BCUT2D eigenvalue weighted by Gasteiger charge is -2.27. The standard InChI is InChI=1S/C19H20FNO2S/c1-12-4-3-5-15(10-12)23-13(2)19(22)21-17-8-9-24-18-7-6-14(20)11-16(17)18/h3-7,10-11,13,17H,8-9H2,1-2H3,(H,21,22)/t13-,17-/m0/s1. The molecule has 0 aromatic heterocycles. The predicted octanol–water partition coefficient (Wildman–Crippen LogP) is 4.25.